The van der Waals surface area contributed by atoms with Gasteiger partial charge in [-0.3, -0.25) is 4.72 Å². The minimum absolute atomic E-state index is 0.106. The van der Waals surface area contributed by atoms with E-state index >= 15 is 0 Å². The van der Waals surface area contributed by atoms with E-state index in [1.807, 2.05) is 0 Å². The van der Waals surface area contributed by atoms with Gasteiger partial charge in [-0.15, -0.1) is 0 Å². The third-order valence-corrected chi connectivity index (χ3v) is 5.46. The molecule has 0 aromatic heterocycles. The monoisotopic (exact) mass is 368 g/mol. The fourth-order valence-electron chi connectivity index (χ4n) is 1.55. The molecule has 106 valence electrons. The predicted molar refractivity (Wildman–Crippen MR) is 82.2 cm³/mol. The molecule has 19 heavy (non-hydrogen) atoms. The molecule has 0 saturated heterocycles. The molecule has 4 nitrogen and oxygen atoms in total. The van der Waals surface area contributed by atoms with Crippen LogP contribution in [0.4, 0.5) is 10.1 Å². The number of rotatable bonds is 5. The fourth-order valence-corrected chi connectivity index (χ4v) is 3.97. The zero-order valence-corrected chi connectivity index (χ0v) is 13.6. The van der Waals surface area contributed by atoms with E-state index in [9.17, 15) is 12.8 Å². The van der Waals surface area contributed by atoms with Crippen molar-refractivity contribution in [3.05, 3.63) is 28.0 Å². The molecule has 0 saturated carbocycles. The van der Waals surface area contributed by atoms with Gasteiger partial charge in [0.2, 0.25) is 10.0 Å². The molecule has 1 aromatic carbocycles. The maximum atomic E-state index is 13.4. The van der Waals surface area contributed by atoms with Crippen molar-refractivity contribution in [1.82, 2.24) is 0 Å². The zero-order valence-electron chi connectivity index (χ0n) is 10.4. The van der Waals surface area contributed by atoms with Crippen molar-refractivity contribution in [2.45, 2.75) is 25.5 Å². The number of thiocarbonyl (C=S) groups is 1. The van der Waals surface area contributed by atoms with Crippen molar-refractivity contribution in [2.75, 3.05) is 4.72 Å². The van der Waals surface area contributed by atoms with E-state index in [2.05, 4.69) is 20.7 Å². The maximum Gasteiger partial charge on any atom is 0.242 e. The number of benzene rings is 1. The lowest BCUT2D eigenvalue weighted by molar-refractivity contribution is 0.594. The summed E-state index contributed by atoms with van der Waals surface area (Å²) >= 11 is 7.77. The van der Waals surface area contributed by atoms with Gasteiger partial charge in [0, 0.05) is 0 Å². The van der Waals surface area contributed by atoms with E-state index in [4.69, 9.17) is 18.0 Å². The number of sulfonamides is 1. The van der Waals surface area contributed by atoms with Gasteiger partial charge in [0.05, 0.1) is 15.1 Å². The lowest BCUT2D eigenvalue weighted by atomic mass is 10.2. The smallest absolute Gasteiger partial charge is 0.242 e. The molecule has 0 amide bonds. The molecule has 8 heteroatoms. The van der Waals surface area contributed by atoms with E-state index in [0.717, 1.165) is 6.07 Å². The number of hydrogen-bond acceptors (Lipinski definition) is 3. The molecule has 1 atom stereocenters. The summed E-state index contributed by atoms with van der Waals surface area (Å²) in [6.07, 6.45) is 0.253. The zero-order chi connectivity index (χ0) is 14.8. The van der Waals surface area contributed by atoms with Crippen LogP contribution < -0.4 is 10.5 Å². The molecule has 0 aliphatic carbocycles. The molecular weight excluding hydrogens is 355 g/mol. The second-order valence-corrected chi connectivity index (χ2v) is 7.22. The highest BCUT2D eigenvalue weighted by molar-refractivity contribution is 9.10. The van der Waals surface area contributed by atoms with Crippen molar-refractivity contribution >= 4 is 48.8 Å². The average Bonchev–Trinajstić information content (AvgIpc) is 2.25. The highest BCUT2D eigenvalue weighted by atomic mass is 79.9. The van der Waals surface area contributed by atoms with Crippen molar-refractivity contribution in [2.24, 2.45) is 5.73 Å². The van der Waals surface area contributed by atoms with Gasteiger partial charge in [0.25, 0.3) is 0 Å². The molecule has 0 aliphatic heterocycles. The number of nitrogens with one attached hydrogen (secondary N) is 1. The summed E-state index contributed by atoms with van der Waals surface area (Å²) in [5, 5.41) is -0.978. The SMILES string of the molecule is CCC(C(N)=S)S(=O)(=O)Nc1cc(F)c(Br)cc1C. The minimum Gasteiger partial charge on any atom is -0.392 e. The summed E-state index contributed by atoms with van der Waals surface area (Å²) < 4.78 is 40.3. The van der Waals surface area contributed by atoms with Gasteiger partial charge in [-0.05, 0) is 47.0 Å². The lowest BCUT2D eigenvalue weighted by Gasteiger charge is -2.17. The van der Waals surface area contributed by atoms with Crippen LogP contribution in [-0.4, -0.2) is 18.7 Å². The number of halogens is 2. The molecule has 1 aromatic rings. The van der Waals surface area contributed by atoms with Crippen LogP contribution >= 0.6 is 28.1 Å². The van der Waals surface area contributed by atoms with Crippen LogP contribution in [-0.2, 0) is 10.0 Å². The highest BCUT2D eigenvalue weighted by Gasteiger charge is 2.27. The quantitative estimate of drug-likeness (QED) is 0.783. The molecule has 0 spiro atoms. The molecule has 0 bridgehead atoms. The van der Waals surface area contributed by atoms with Crippen LogP contribution in [0.25, 0.3) is 0 Å². The summed E-state index contributed by atoms with van der Waals surface area (Å²) in [5.41, 5.74) is 6.18. The molecule has 0 fully saturated rings. The van der Waals surface area contributed by atoms with Crippen LogP contribution in [0, 0.1) is 12.7 Å². The van der Waals surface area contributed by atoms with Gasteiger partial charge < -0.3 is 5.73 Å². The van der Waals surface area contributed by atoms with Gasteiger partial charge in [-0.25, -0.2) is 12.8 Å². The maximum absolute atomic E-state index is 13.4. The Bertz CT molecular complexity index is 605. The van der Waals surface area contributed by atoms with E-state index in [-0.39, 0.29) is 21.6 Å². The first kappa shape index (κ1) is 16.3. The average molecular weight is 369 g/mol. The Kier molecular flexibility index (Phi) is 5.28. The Balaban J connectivity index is 3.15. The van der Waals surface area contributed by atoms with Gasteiger partial charge in [-0.2, -0.15) is 0 Å². The van der Waals surface area contributed by atoms with E-state index in [1.54, 1.807) is 13.8 Å². The number of aryl methyl sites for hydroxylation is 1. The largest absolute Gasteiger partial charge is 0.392 e. The molecule has 1 rings (SSSR count). The lowest BCUT2D eigenvalue weighted by Crippen LogP contribution is -2.37. The van der Waals surface area contributed by atoms with Crippen LogP contribution in [0.1, 0.15) is 18.9 Å². The van der Waals surface area contributed by atoms with E-state index in [1.165, 1.54) is 6.07 Å². The van der Waals surface area contributed by atoms with Gasteiger partial charge in [-0.1, -0.05) is 19.1 Å². The highest BCUT2D eigenvalue weighted by Crippen LogP contribution is 2.25. The summed E-state index contributed by atoms with van der Waals surface area (Å²) in [5.74, 6) is -0.549. The summed E-state index contributed by atoms with van der Waals surface area (Å²) in [4.78, 5) is -0.106. The third-order valence-electron chi connectivity index (χ3n) is 2.58. The van der Waals surface area contributed by atoms with E-state index in [0.29, 0.717) is 5.56 Å². The molecular formula is C11H14BrFN2O2S2. The van der Waals surface area contributed by atoms with Crippen LogP contribution in [0.2, 0.25) is 0 Å². The first-order valence-corrected chi connectivity index (χ1v) is 8.20. The van der Waals surface area contributed by atoms with Crippen LogP contribution in [0.3, 0.4) is 0 Å². The van der Waals surface area contributed by atoms with Crippen molar-refractivity contribution in [1.29, 1.82) is 0 Å². The predicted octanol–water partition coefficient (Wildman–Crippen LogP) is 2.70. The fraction of sp³-hybridized carbons (Fsp3) is 0.364. The topological polar surface area (TPSA) is 72.2 Å². The molecule has 1 unspecified atom stereocenters. The van der Waals surface area contributed by atoms with E-state index < -0.39 is 21.1 Å². The molecule has 0 radical (unpaired) electrons. The van der Waals surface area contributed by atoms with Crippen LogP contribution in [0.5, 0.6) is 0 Å². The Morgan fingerprint density at radius 2 is 2.16 bits per heavy atom. The van der Waals surface area contributed by atoms with Gasteiger partial charge in [0.1, 0.15) is 11.1 Å². The van der Waals surface area contributed by atoms with Gasteiger partial charge in [0.15, 0.2) is 0 Å². The molecule has 0 heterocycles. The molecule has 0 aliphatic rings. The second-order valence-electron chi connectivity index (χ2n) is 4.03. The normalized spacial score (nSPS) is 13.1. The molecule has 3 N–H and O–H groups in total. The van der Waals surface area contributed by atoms with Crippen molar-refractivity contribution < 1.29 is 12.8 Å². The Hall–Kier alpha value is -0.730. The van der Waals surface area contributed by atoms with Crippen molar-refractivity contribution in [3.63, 3.8) is 0 Å². The van der Waals surface area contributed by atoms with Gasteiger partial charge >= 0.3 is 0 Å². The third kappa shape index (κ3) is 3.87. The Morgan fingerprint density at radius 3 is 2.63 bits per heavy atom. The van der Waals surface area contributed by atoms with Crippen molar-refractivity contribution in [3.8, 4) is 0 Å². The second kappa shape index (κ2) is 6.15. The Morgan fingerprint density at radius 1 is 1.58 bits per heavy atom. The summed E-state index contributed by atoms with van der Waals surface area (Å²) in [6.45, 7) is 3.34. The first-order valence-electron chi connectivity index (χ1n) is 5.45. The summed E-state index contributed by atoms with van der Waals surface area (Å²) in [7, 11) is -3.78. The number of nitrogens with two attached hydrogens (primary N) is 1. The summed E-state index contributed by atoms with van der Waals surface area (Å²) in [6, 6.07) is 2.61. The Labute approximate surface area is 125 Å². The number of hydrogen-bond donors (Lipinski definition) is 2. The number of anilines is 1. The first-order chi connectivity index (χ1) is 8.69. The standard InChI is InChI=1S/C11H14BrFN2O2S2/c1-3-10(11(14)18)19(16,17)15-9-5-8(13)7(12)4-6(9)2/h4-5,10,15H,3H2,1-2H3,(H2,14,18). The minimum atomic E-state index is -3.78. The van der Waals surface area contributed by atoms with Crippen LogP contribution in [0.15, 0.2) is 16.6 Å².